The minimum Gasteiger partial charge on any atom is -0.588 e. The molecule has 5 rings (SSSR count). The number of benzene rings is 2. The van der Waals surface area contributed by atoms with E-state index in [1.54, 1.807) is 11.0 Å². The van der Waals surface area contributed by atoms with Crippen LogP contribution in [0, 0.1) is 11.7 Å². The molecular weight excluding hydrogens is 547 g/mol. The third kappa shape index (κ3) is 6.81. The van der Waals surface area contributed by atoms with Gasteiger partial charge in [-0.15, -0.1) is 0 Å². The van der Waals surface area contributed by atoms with Crippen LogP contribution in [-0.2, 0) is 27.3 Å². The number of hydrogen-bond acceptors (Lipinski definition) is 7. The first-order chi connectivity index (χ1) is 19.5. The highest BCUT2D eigenvalue weighted by Gasteiger charge is 2.45. The van der Waals surface area contributed by atoms with Gasteiger partial charge in [0.15, 0.2) is 4.90 Å². The van der Waals surface area contributed by atoms with Gasteiger partial charge in [-0.05, 0) is 88.6 Å². The Kier molecular flexibility index (Phi) is 8.52. The largest absolute Gasteiger partial charge is 0.588 e. The summed E-state index contributed by atoms with van der Waals surface area (Å²) >= 11 is -1.78. The highest BCUT2D eigenvalue weighted by molar-refractivity contribution is 7.92. The van der Waals surface area contributed by atoms with Crippen LogP contribution >= 0.6 is 0 Å². The van der Waals surface area contributed by atoms with Gasteiger partial charge < -0.3 is 23.7 Å². The number of piperidine rings is 1. The Morgan fingerprint density at radius 3 is 2.83 bits per heavy atom. The molecular formula is C31H37FN2O6S. The monoisotopic (exact) mass is 584 g/mol. The van der Waals surface area contributed by atoms with Crippen molar-refractivity contribution in [2.75, 3.05) is 31.5 Å². The maximum Gasteiger partial charge on any atom is 0.410 e. The van der Waals surface area contributed by atoms with Crippen molar-refractivity contribution in [3.8, 4) is 5.75 Å². The summed E-state index contributed by atoms with van der Waals surface area (Å²) in [5, 5.41) is 0. The minimum absolute atomic E-state index is 0.226. The number of nitrogens with zero attached hydrogens (tertiary/aromatic N) is 1. The maximum atomic E-state index is 14.3. The van der Waals surface area contributed by atoms with E-state index in [-0.39, 0.29) is 11.7 Å². The van der Waals surface area contributed by atoms with Crippen LogP contribution in [0.15, 0.2) is 46.9 Å². The molecule has 2 aromatic rings. The molecule has 0 aromatic heterocycles. The van der Waals surface area contributed by atoms with Crippen LogP contribution in [0.25, 0.3) is 0 Å². The standard InChI is InChI=1S/C31H37FN2O6S/c1-31(2,3)40-30(36)34-14-6-8-19(17-34)7-5-9-20-15-22(32)10-13-26(20)41(37)33-25-12-11-23-24-16-21(24)18-39-28(23)27(25)29(35)38-4/h7,10-13,15,21,24,33H,5-6,8-9,14,16-18H2,1-4H3/b19-7+/t21-,24?,41?/m1/s1. The van der Waals surface area contributed by atoms with E-state index in [0.29, 0.717) is 66.3 Å². The quantitative estimate of drug-likeness (QED) is 0.237. The van der Waals surface area contributed by atoms with E-state index in [1.165, 1.54) is 25.3 Å². The van der Waals surface area contributed by atoms with E-state index in [4.69, 9.17) is 14.2 Å². The Labute approximate surface area is 243 Å². The molecule has 1 N–H and O–H groups in total. The normalized spacial score (nSPS) is 21.3. The predicted molar refractivity (Wildman–Crippen MR) is 154 cm³/mol. The zero-order chi connectivity index (χ0) is 29.3. The summed E-state index contributed by atoms with van der Waals surface area (Å²) in [6.07, 6.45) is 5.54. The third-order valence-electron chi connectivity index (χ3n) is 7.58. The first-order valence-corrected chi connectivity index (χ1v) is 15.2. The molecule has 2 aromatic carbocycles. The summed E-state index contributed by atoms with van der Waals surface area (Å²) in [5.74, 6) is 0.348. The first-order valence-electron chi connectivity index (χ1n) is 14.0. The lowest BCUT2D eigenvalue weighted by molar-refractivity contribution is 0.0246. The Morgan fingerprint density at radius 2 is 2.07 bits per heavy atom. The van der Waals surface area contributed by atoms with Gasteiger partial charge in [-0.3, -0.25) is 0 Å². The van der Waals surface area contributed by atoms with Gasteiger partial charge in [0.25, 0.3) is 0 Å². The molecule has 0 spiro atoms. The molecule has 1 saturated carbocycles. The molecule has 3 aliphatic rings. The molecule has 2 fully saturated rings. The summed E-state index contributed by atoms with van der Waals surface area (Å²) < 4.78 is 47.2. The highest BCUT2D eigenvalue weighted by Crippen LogP contribution is 2.55. The highest BCUT2D eigenvalue weighted by atomic mass is 32.2. The van der Waals surface area contributed by atoms with Crippen molar-refractivity contribution < 1.29 is 32.7 Å². The SMILES string of the molecule is COC(=O)c1c(N[S+]([O-])c2ccc(F)cc2CC/C=C2\CCCN(C(=O)OC(C)(C)C)C2)ccc2c1OC[C@H]1CC21. The van der Waals surface area contributed by atoms with E-state index in [1.807, 2.05) is 26.8 Å². The van der Waals surface area contributed by atoms with Crippen LogP contribution < -0.4 is 9.46 Å². The van der Waals surface area contributed by atoms with Gasteiger partial charge >= 0.3 is 12.1 Å². The van der Waals surface area contributed by atoms with Crippen molar-refractivity contribution in [2.24, 2.45) is 5.92 Å². The summed E-state index contributed by atoms with van der Waals surface area (Å²) in [6.45, 7) is 7.22. The fourth-order valence-corrected chi connectivity index (χ4v) is 6.57. The second-order valence-electron chi connectivity index (χ2n) is 11.8. The molecule has 0 radical (unpaired) electrons. The van der Waals surface area contributed by atoms with Crippen LogP contribution in [0.5, 0.6) is 5.75 Å². The van der Waals surface area contributed by atoms with E-state index >= 15 is 0 Å². The van der Waals surface area contributed by atoms with Crippen molar-refractivity contribution in [1.82, 2.24) is 4.90 Å². The van der Waals surface area contributed by atoms with Gasteiger partial charge in [0.05, 0.1) is 13.7 Å². The number of anilines is 1. The number of aryl methyl sites for hydroxylation is 1. The van der Waals surface area contributed by atoms with Gasteiger partial charge in [0.2, 0.25) is 0 Å². The number of amides is 1. The Bertz CT molecular complexity index is 1360. The lowest BCUT2D eigenvalue weighted by Crippen LogP contribution is -2.40. The Balaban J connectivity index is 1.30. The summed E-state index contributed by atoms with van der Waals surface area (Å²) in [6, 6.07) is 7.83. The van der Waals surface area contributed by atoms with Crippen molar-refractivity contribution in [2.45, 2.75) is 69.3 Å². The number of halogens is 1. The first kappa shape index (κ1) is 29.3. The van der Waals surface area contributed by atoms with Crippen molar-refractivity contribution in [3.05, 3.63) is 64.5 Å². The second-order valence-corrected chi connectivity index (χ2v) is 13.0. The molecule has 2 aliphatic heterocycles. The number of nitrogens with one attached hydrogen (secondary N) is 1. The smallest absolute Gasteiger partial charge is 0.410 e. The molecule has 3 atom stereocenters. The third-order valence-corrected chi connectivity index (χ3v) is 8.79. The number of methoxy groups -OCH3 is 1. The fourth-order valence-electron chi connectivity index (χ4n) is 5.50. The molecule has 41 heavy (non-hydrogen) atoms. The number of carbonyl (C=O) groups is 2. The molecule has 1 saturated heterocycles. The Morgan fingerprint density at radius 1 is 1.27 bits per heavy atom. The fraction of sp³-hybridized carbons (Fsp3) is 0.484. The van der Waals surface area contributed by atoms with E-state index < -0.39 is 28.7 Å². The molecule has 220 valence electrons. The number of rotatable bonds is 7. The Hall–Kier alpha value is -3.24. The molecule has 2 unspecified atom stereocenters. The summed E-state index contributed by atoms with van der Waals surface area (Å²) in [4.78, 5) is 27.4. The average Bonchev–Trinajstić information content (AvgIpc) is 3.72. The van der Waals surface area contributed by atoms with E-state index in [2.05, 4.69) is 10.8 Å². The van der Waals surface area contributed by atoms with Crippen LogP contribution in [-0.4, -0.2) is 53.9 Å². The van der Waals surface area contributed by atoms with Crippen LogP contribution in [0.4, 0.5) is 14.9 Å². The van der Waals surface area contributed by atoms with Crippen molar-refractivity contribution >= 4 is 29.1 Å². The number of esters is 1. The molecule has 1 aliphatic carbocycles. The topological polar surface area (TPSA) is 100 Å². The number of fused-ring (bicyclic) bond motifs is 3. The predicted octanol–water partition coefficient (Wildman–Crippen LogP) is 6.13. The van der Waals surface area contributed by atoms with Gasteiger partial charge in [0.1, 0.15) is 39.8 Å². The number of carbonyl (C=O) groups excluding carboxylic acids is 2. The number of ether oxygens (including phenoxy) is 3. The number of hydrogen-bond donors (Lipinski definition) is 1. The zero-order valence-electron chi connectivity index (χ0n) is 24.0. The van der Waals surface area contributed by atoms with Crippen molar-refractivity contribution in [3.63, 3.8) is 0 Å². The van der Waals surface area contributed by atoms with Gasteiger partial charge in [-0.1, -0.05) is 17.7 Å². The number of allylic oxidation sites excluding steroid dienone is 1. The molecule has 8 nitrogen and oxygen atoms in total. The van der Waals surface area contributed by atoms with Crippen molar-refractivity contribution in [1.29, 1.82) is 0 Å². The molecule has 2 heterocycles. The lowest BCUT2D eigenvalue weighted by Gasteiger charge is -2.31. The summed E-state index contributed by atoms with van der Waals surface area (Å²) in [5.41, 5.74) is 2.70. The zero-order valence-corrected chi connectivity index (χ0v) is 24.8. The van der Waals surface area contributed by atoms with Gasteiger partial charge in [0, 0.05) is 24.6 Å². The van der Waals surface area contributed by atoms with Crippen LogP contribution in [0.2, 0.25) is 0 Å². The van der Waals surface area contributed by atoms with Gasteiger partial charge in [-0.2, -0.15) is 0 Å². The lowest BCUT2D eigenvalue weighted by atomic mass is 10.0. The average molecular weight is 585 g/mol. The van der Waals surface area contributed by atoms with Gasteiger partial charge in [-0.25, -0.2) is 18.7 Å². The molecule has 1 amide bonds. The van der Waals surface area contributed by atoms with Crippen LogP contribution in [0.3, 0.4) is 0 Å². The second kappa shape index (κ2) is 11.9. The summed E-state index contributed by atoms with van der Waals surface area (Å²) in [7, 11) is 1.30. The number of likely N-dealkylation sites (tertiary alicyclic amines) is 1. The van der Waals surface area contributed by atoms with E-state index in [9.17, 15) is 18.5 Å². The minimum atomic E-state index is -1.78. The molecule has 0 bridgehead atoms. The van der Waals surface area contributed by atoms with E-state index in [0.717, 1.165) is 30.4 Å². The maximum absolute atomic E-state index is 14.3. The molecule has 10 heteroatoms. The van der Waals surface area contributed by atoms with Crippen LogP contribution in [0.1, 0.15) is 73.9 Å².